The van der Waals surface area contributed by atoms with E-state index in [0.29, 0.717) is 6.54 Å². The van der Waals surface area contributed by atoms with E-state index in [1.807, 2.05) is 20.8 Å². The van der Waals surface area contributed by atoms with Gasteiger partial charge in [-0.25, -0.2) is 8.78 Å². The Morgan fingerprint density at radius 1 is 1.21 bits per heavy atom. The zero-order chi connectivity index (χ0) is 14.5. The lowest BCUT2D eigenvalue weighted by Crippen LogP contribution is -2.44. The van der Waals surface area contributed by atoms with Crippen molar-refractivity contribution < 1.29 is 13.6 Å². The molecule has 0 saturated carbocycles. The molecule has 0 saturated heterocycles. The minimum atomic E-state index is -2.44. The summed E-state index contributed by atoms with van der Waals surface area (Å²) in [5.74, 6) is -0.0864. The molecule has 0 unspecified atom stereocenters. The van der Waals surface area contributed by atoms with Crippen LogP contribution in [0.5, 0.6) is 0 Å². The van der Waals surface area contributed by atoms with E-state index in [9.17, 15) is 13.6 Å². The molecule has 1 rings (SSSR count). The molecule has 0 radical (unpaired) electrons. The molecule has 0 fully saturated rings. The third-order valence-corrected chi connectivity index (χ3v) is 2.36. The van der Waals surface area contributed by atoms with Gasteiger partial charge in [-0.15, -0.1) is 0 Å². The maximum Gasteiger partial charge on any atom is 0.263 e. The predicted octanol–water partition coefficient (Wildman–Crippen LogP) is 2.63. The molecule has 1 aromatic carbocycles. The molecule has 3 nitrogen and oxygen atoms in total. The molecular formula is C14H20F2N2O. The largest absolute Gasteiger partial charge is 0.350 e. The zero-order valence-corrected chi connectivity index (χ0v) is 11.5. The van der Waals surface area contributed by atoms with Gasteiger partial charge in [0.1, 0.15) is 0 Å². The number of alkyl halides is 2. The van der Waals surface area contributed by atoms with Crippen molar-refractivity contribution in [3.05, 3.63) is 35.4 Å². The van der Waals surface area contributed by atoms with Crippen molar-refractivity contribution >= 4 is 5.91 Å². The van der Waals surface area contributed by atoms with Crippen LogP contribution in [0, 0.1) is 0 Å². The Labute approximate surface area is 112 Å². The van der Waals surface area contributed by atoms with E-state index in [0.717, 1.165) is 5.56 Å². The molecule has 106 valence electrons. The highest BCUT2D eigenvalue weighted by Gasteiger charge is 2.12. The van der Waals surface area contributed by atoms with Crippen molar-refractivity contribution in [1.82, 2.24) is 10.6 Å². The van der Waals surface area contributed by atoms with Crippen LogP contribution in [0.4, 0.5) is 8.78 Å². The fraction of sp³-hybridized carbons (Fsp3) is 0.500. The van der Waals surface area contributed by atoms with Crippen LogP contribution in [0.1, 0.15) is 38.3 Å². The van der Waals surface area contributed by atoms with Gasteiger partial charge in [-0.3, -0.25) is 4.79 Å². The van der Waals surface area contributed by atoms with Crippen molar-refractivity contribution in [2.75, 3.05) is 6.54 Å². The number of benzene rings is 1. The van der Waals surface area contributed by atoms with Crippen molar-refractivity contribution in [3.8, 4) is 0 Å². The zero-order valence-electron chi connectivity index (χ0n) is 11.5. The monoisotopic (exact) mass is 270 g/mol. The topological polar surface area (TPSA) is 41.1 Å². The Bertz CT molecular complexity index is 410. The second-order valence-corrected chi connectivity index (χ2v) is 5.44. The van der Waals surface area contributed by atoms with Crippen LogP contribution < -0.4 is 10.6 Å². The smallest absolute Gasteiger partial charge is 0.263 e. The maximum absolute atomic E-state index is 12.3. The van der Waals surface area contributed by atoms with E-state index in [1.165, 1.54) is 12.1 Å². The van der Waals surface area contributed by atoms with Gasteiger partial charge >= 0.3 is 0 Å². The van der Waals surface area contributed by atoms with Crippen LogP contribution >= 0.6 is 0 Å². The van der Waals surface area contributed by atoms with Gasteiger partial charge in [0.25, 0.3) is 6.43 Å². The van der Waals surface area contributed by atoms with Gasteiger partial charge in [0.05, 0.1) is 6.54 Å². The van der Waals surface area contributed by atoms with Gasteiger partial charge in [0, 0.05) is 17.6 Å². The van der Waals surface area contributed by atoms with Crippen LogP contribution in [0.25, 0.3) is 0 Å². The van der Waals surface area contributed by atoms with Crippen molar-refractivity contribution in [3.63, 3.8) is 0 Å². The van der Waals surface area contributed by atoms with Crippen molar-refractivity contribution in [2.24, 2.45) is 0 Å². The lowest BCUT2D eigenvalue weighted by atomic mass is 10.1. The van der Waals surface area contributed by atoms with Gasteiger partial charge in [0.2, 0.25) is 5.91 Å². The first-order valence-corrected chi connectivity index (χ1v) is 6.16. The summed E-state index contributed by atoms with van der Waals surface area (Å²) in [4.78, 5) is 11.5. The molecule has 1 amide bonds. The predicted molar refractivity (Wildman–Crippen MR) is 71.0 cm³/mol. The van der Waals surface area contributed by atoms with Crippen LogP contribution in [-0.4, -0.2) is 18.0 Å². The number of amides is 1. The van der Waals surface area contributed by atoms with Gasteiger partial charge in [-0.1, -0.05) is 24.3 Å². The van der Waals surface area contributed by atoms with E-state index in [2.05, 4.69) is 10.6 Å². The molecule has 19 heavy (non-hydrogen) atoms. The third kappa shape index (κ3) is 6.29. The quantitative estimate of drug-likeness (QED) is 0.863. The molecule has 0 aliphatic carbocycles. The molecule has 0 atom stereocenters. The lowest BCUT2D eigenvalue weighted by Gasteiger charge is -2.20. The summed E-state index contributed by atoms with van der Waals surface area (Å²) in [5.41, 5.74) is 0.625. The molecule has 0 aliphatic rings. The fourth-order valence-electron chi connectivity index (χ4n) is 1.56. The molecule has 2 N–H and O–H groups in total. The Morgan fingerprint density at radius 3 is 2.26 bits per heavy atom. The number of hydrogen-bond acceptors (Lipinski definition) is 2. The summed E-state index contributed by atoms with van der Waals surface area (Å²) in [7, 11) is 0. The van der Waals surface area contributed by atoms with Crippen molar-refractivity contribution in [2.45, 2.75) is 39.3 Å². The minimum Gasteiger partial charge on any atom is -0.350 e. The molecular weight excluding hydrogens is 250 g/mol. The van der Waals surface area contributed by atoms with E-state index >= 15 is 0 Å². The fourth-order valence-corrected chi connectivity index (χ4v) is 1.56. The summed E-state index contributed by atoms with van der Waals surface area (Å²) >= 11 is 0. The van der Waals surface area contributed by atoms with Crippen LogP contribution in [0.2, 0.25) is 0 Å². The van der Waals surface area contributed by atoms with E-state index in [-0.39, 0.29) is 23.6 Å². The third-order valence-electron chi connectivity index (χ3n) is 2.36. The summed E-state index contributed by atoms with van der Waals surface area (Å²) in [6.07, 6.45) is -2.44. The first-order valence-electron chi connectivity index (χ1n) is 6.16. The van der Waals surface area contributed by atoms with Gasteiger partial charge < -0.3 is 10.6 Å². The Hall–Kier alpha value is -1.49. The SMILES string of the molecule is CC(C)(C)NC(=O)CNCc1ccc(C(F)F)cc1. The summed E-state index contributed by atoms with van der Waals surface area (Å²) in [5, 5.41) is 5.80. The second-order valence-electron chi connectivity index (χ2n) is 5.44. The maximum atomic E-state index is 12.3. The van der Waals surface area contributed by atoms with E-state index in [4.69, 9.17) is 0 Å². The molecule has 0 aromatic heterocycles. The number of nitrogens with one attached hydrogen (secondary N) is 2. The van der Waals surface area contributed by atoms with Gasteiger partial charge in [0.15, 0.2) is 0 Å². The first kappa shape index (κ1) is 15.6. The highest BCUT2D eigenvalue weighted by atomic mass is 19.3. The average Bonchev–Trinajstić information content (AvgIpc) is 2.27. The highest BCUT2D eigenvalue weighted by Crippen LogP contribution is 2.18. The number of hydrogen-bond donors (Lipinski definition) is 2. The number of carbonyl (C=O) groups excluding carboxylic acids is 1. The summed E-state index contributed by atoms with van der Waals surface area (Å²) in [6.45, 7) is 6.41. The molecule has 1 aromatic rings. The summed E-state index contributed by atoms with van der Waals surface area (Å²) < 4.78 is 24.7. The first-order chi connectivity index (χ1) is 8.78. The molecule has 0 aliphatic heterocycles. The Kier molecular flexibility index (Phi) is 5.42. The Morgan fingerprint density at radius 2 is 1.79 bits per heavy atom. The highest BCUT2D eigenvalue weighted by molar-refractivity contribution is 5.78. The van der Waals surface area contributed by atoms with Crippen molar-refractivity contribution in [1.29, 1.82) is 0 Å². The average molecular weight is 270 g/mol. The van der Waals surface area contributed by atoms with E-state index in [1.54, 1.807) is 12.1 Å². The number of rotatable bonds is 5. The molecule has 0 spiro atoms. The van der Waals surface area contributed by atoms with Crippen LogP contribution in [-0.2, 0) is 11.3 Å². The van der Waals surface area contributed by atoms with Gasteiger partial charge in [-0.05, 0) is 26.3 Å². The van der Waals surface area contributed by atoms with Crippen LogP contribution in [0.15, 0.2) is 24.3 Å². The lowest BCUT2D eigenvalue weighted by molar-refractivity contribution is -0.121. The van der Waals surface area contributed by atoms with Gasteiger partial charge in [-0.2, -0.15) is 0 Å². The number of halogens is 2. The standard InChI is InChI=1S/C14H20F2N2O/c1-14(2,3)18-12(19)9-17-8-10-4-6-11(7-5-10)13(15)16/h4-7,13,17H,8-9H2,1-3H3,(H,18,19). The number of carbonyl (C=O) groups is 1. The Balaban J connectivity index is 2.35. The molecule has 0 heterocycles. The second kappa shape index (κ2) is 6.61. The molecule has 0 bridgehead atoms. The molecule has 5 heteroatoms. The minimum absolute atomic E-state index is 0.00854. The van der Waals surface area contributed by atoms with Crippen LogP contribution in [0.3, 0.4) is 0 Å². The normalized spacial score (nSPS) is 11.7. The van der Waals surface area contributed by atoms with E-state index < -0.39 is 6.43 Å². The summed E-state index contributed by atoms with van der Waals surface area (Å²) in [6, 6.07) is 6.07.